The number of hydrogen-bond donors (Lipinski definition) is 2. The summed E-state index contributed by atoms with van der Waals surface area (Å²) in [6.45, 7) is 0.000693. The average Bonchev–Trinajstić information content (AvgIpc) is 2.87. The van der Waals surface area contributed by atoms with Gasteiger partial charge in [0.25, 0.3) is 5.91 Å². The standard InChI is InChI=1S/C14H13BrN2O4/c15-12-6-5-11(21-12)14(20)17(8-7-13(18)19)10-4-2-1-3-9(10)16/h1-6H,7-8,16H2,(H,18,19). The lowest BCUT2D eigenvalue weighted by Gasteiger charge is -2.22. The van der Waals surface area contributed by atoms with Crippen molar-refractivity contribution in [3.63, 3.8) is 0 Å². The fraction of sp³-hybridized carbons (Fsp3) is 0.143. The van der Waals surface area contributed by atoms with Crippen LogP contribution in [0.1, 0.15) is 17.0 Å². The molecule has 0 aliphatic carbocycles. The third kappa shape index (κ3) is 3.63. The average molecular weight is 353 g/mol. The van der Waals surface area contributed by atoms with Crippen LogP contribution < -0.4 is 10.6 Å². The minimum absolute atomic E-state index is 0.000693. The number of carboxylic acids is 1. The number of nitrogens with two attached hydrogens (primary N) is 1. The van der Waals surface area contributed by atoms with E-state index in [-0.39, 0.29) is 18.7 Å². The van der Waals surface area contributed by atoms with E-state index >= 15 is 0 Å². The molecule has 110 valence electrons. The van der Waals surface area contributed by atoms with E-state index in [1.54, 1.807) is 30.3 Å². The molecule has 0 fully saturated rings. The van der Waals surface area contributed by atoms with E-state index in [4.69, 9.17) is 15.3 Å². The summed E-state index contributed by atoms with van der Waals surface area (Å²) in [5, 5.41) is 8.83. The number of hydrogen-bond acceptors (Lipinski definition) is 4. The molecule has 0 aliphatic rings. The summed E-state index contributed by atoms with van der Waals surface area (Å²) in [4.78, 5) is 24.6. The number of carbonyl (C=O) groups is 2. The van der Waals surface area contributed by atoms with Crippen LogP contribution in [0.15, 0.2) is 45.5 Å². The maximum absolute atomic E-state index is 12.5. The molecule has 0 radical (unpaired) electrons. The number of carbonyl (C=O) groups excluding carboxylic acids is 1. The number of benzene rings is 1. The van der Waals surface area contributed by atoms with Crippen molar-refractivity contribution in [2.24, 2.45) is 0 Å². The third-order valence-corrected chi connectivity index (χ3v) is 3.23. The molecule has 1 aromatic carbocycles. The van der Waals surface area contributed by atoms with Crippen LogP contribution in [0.3, 0.4) is 0 Å². The first-order chi connectivity index (χ1) is 9.99. The molecular formula is C14H13BrN2O4. The highest BCUT2D eigenvalue weighted by Crippen LogP contribution is 2.25. The topological polar surface area (TPSA) is 96.8 Å². The summed E-state index contributed by atoms with van der Waals surface area (Å²) >= 11 is 3.13. The summed E-state index contributed by atoms with van der Waals surface area (Å²) in [6.07, 6.45) is -0.193. The van der Waals surface area contributed by atoms with E-state index in [2.05, 4.69) is 15.9 Å². The van der Waals surface area contributed by atoms with E-state index in [0.717, 1.165) is 0 Å². The smallest absolute Gasteiger partial charge is 0.305 e. The lowest BCUT2D eigenvalue weighted by atomic mass is 10.2. The number of aliphatic carboxylic acids is 1. The second-order valence-electron chi connectivity index (χ2n) is 4.26. The van der Waals surface area contributed by atoms with Crippen molar-refractivity contribution in [2.45, 2.75) is 6.42 Å². The van der Waals surface area contributed by atoms with Gasteiger partial charge < -0.3 is 20.2 Å². The van der Waals surface area contributed by atoms with Crippen molar-refractivity contribution in [2.75, 3.05) is 17.2 Å². The summed E-state index contributed by atoms with van der Waals surface area (Å²) < 4.78 is 5.65. The van der Waals surface area contributed by atoms with E-state index in [1.807, 2.05) is 0 Å². The molecule has 0 aliphatic heterocycles. The first-order valence-electron chi connectivity index (χ1n) is 6.12. The van der Waals surface area contributed by atoms with Crippen molar-refractivity contribution in [1.29, 1.82) is 0 Å². The molecular weight excluding hydrogens is 340 g/mol. The van der Waals surface area contributed by atoms with Gasteiger partial charge in [0.15, 0.2) is 10.4 Å². The Morgan fingerprint density at radius 3 is 2.52 bits per heavy atom. The molecule has 0 atom stereocenters. The number of nitrogen functional groups attached to an aromatic ring is 1. The number of furan rings is 1. The van der Waals surface area contributed by atoms with Gasteiger partial charge in [0.05, 0.1) is 17.8 Å². The van der Waals surface area contributed by atoms with Crippen molar-refractivity contribution >= 4 is 39.2 Å². The molecule has 0 saturated heterocycles. The second kappa shape index (κ2) is 6.45. The molecule has 0 unspecified atom stereocenters. The van der Waals surface area contributed by atoms with Gasteiger partial charge in [0, 0.05) is 6.54 Å². The van der Waals surface area contributed by atoms with Gasteiger partial charge in [0.2, 0.25) is 0 Å². The van der Waals surface area contributed by atoms with Crippen LogP contribution in [-0.4, -0.2) is 23.5 Å². The molecule has 2 aromatic rings. The maximum Gasteiger partial charge on any atom is 0.305 e. The summed E-state index contributed by atoms with van der Waals surface area (Å²) in [7, 11) is 0. The fourth-order valence-corrected chi connectivity index (χ4v) is 2.14. The lowest BCUT2D eigenvalue weighted by Crippen LogP contribution is -2.33. The molecule has 6 nitrogen and oxygen atoms in total. The minimum Gasteiger partial charge on any atom is -0.481 e. The maximum atomic E-state index is 12.5. The Morgan fingerprint density at radius 2 is 1.95 bits per heavy atom. The predicted octanol–water partition coefficient (Wildman–Crippen LogP) is 2.75. The summed E-state index contributed by atoms with van der Waals surface area (Å²) in [5.41, 5.74) is 6.71. The van der Waals surface area contributed by atoms with Gasteiger partial charge in [-0.15, -0.1) is 0 Å². The highest BCUT2D eigenvalue weighted by Gasteiger charge is 2.23. The number of anilines is 2. The first-order valence-corrected chi connectivity index (χ1v) is 6.92. The van der Waals surface area contributed by atoms with Crippen molar-refractivity contribution in [3.05, 3.63) is 46.8 Å². The molecule has 7 heteroatoms. The predicted molar refractivity (Wildman–Crippen MR) is 81.2 cm³/mol. The number of nitrogens with zero attached hydrogens (tertiary/aromatic N) is 1. The molecule has 21 heavy (non-hydrogen) atoms. The van der Waals surface area contributed by atoms with Crippen LogP contribution in [0.5, 0.6) is 0 Å². The van der Waals surface area contributed by atoms with Crippen LogP contribution >= 0.6 is 15.9 Å². The van der Waals surface area contributed by atoms with Gasteiger partial charge in [-0.25, -0.2) is 0 Å². The monoisotopic (exact) mass is 352 g/mol. The Hall–Kier alpha value is -2.28. The van der Waals surface area contributed by atoms with Gasteiger partial charge in [-0.3, -0.25) is 9.59 Å². The molecule has 3 N–H and O–H groups in total. The zero-order valence-corrected chi connectivity index (χ0v) is 12.5. The molecule has 1 heterocycles. The molecule has 1 aromatic heterocycles. The Morgan fingerprint density at radius 1 is 1.24 bits per heavy atom. The molecule has 2 rings (SSSR count). The van der Waals surface area contributed by atoms with E-state index in [1.165, 1.54) is 11.0 Å². The number of halogens is 1. The minimum atomic E-state index is -0.997. The Kier molecular flexibility index (Phi) is 4.64. The van der Waals surface area contributed by atoms with Crippen LogP contribution in [-0.2, 0) is 4.79 Å². The zero-order valence-electron chi connectivity index (χ0n) is 11.0. The Bertz CT molecular complexity index is 668. The van der Waals surface area contributed by atoms with Gasteiger partial charge in [-0.1, -0.05) is 12.1 Å². The molecule has 0 spiro atoms. The zero-order chi connectivity index (χ0) is 15.4. The normalized spacial score (nSPS) is 10.3. The van der Waals surface area contributed by atoms with Crippen LogP contribution in [0.25, 0.3) is 0 Å². The molecule has 1 amide bonds. The van der Waals surface area contributed by atoms with Crippen LogP contribution in [0.4, 0.5) is 11.4 Å². The largest absolute Gasteiger partial charge is 0.481 e. The number of carboxylic acid groups (broad SMARTS) is 1. The van der Waals surface area contributed by atoms with Crippen molar-refractivity contribution in [3.8, 4) is 0 Å². The van der Waals surface area contributed by atoms with E-state index < -0.39 is 11.9 Å². The number of rotatable bonds is 5. The molecule has 0 bridgehead atoms. The third-order valence-electron chi connectivity index (χ3n) is 2.81. The van der Waals surface area contributed by atoms with Gasteiger partial charge in [-0.05, 0) is 40.2 Å². The number of para-hydroxylation sites is 2. The Labute approximate surface area is 129 Å². The van der Waals surface area contributed by atoms with Crippen LogP contribution in [0, 0.1) is 0 Å². The van der Waals surface area contributed by atoms with Crippen molar-refractivity contribution < 1.29 is 19.1 Å². The Balaban J connectivity index is 2.34. The summed E-state index contributed by atoms with van der Waals surface area (Å²) in [5.74, 6) is -1.33. The van der Waals surface area contributed by atoms with Gasteiger partial charge in [0.1, 0.15) is 0 Å². The molecule has 0 saturated carbocycles. The second-order valence-corrected chi connectivity index (χ2v) is 5.04. The quantitative estimate of drug-likeness (QED) is 0.806. The highest BCUT2D eigenvalue weighted by atomic mass is 79.9. The SMILES string of the molecule is Nc1ccccc1N(CCC(=O)O)C(=O)c1ccc(Br)o1. The lowest BCUT2D eigenvalue weighted by molar-refractivity contribution is -0.136. The fourth-order valence-electron chi connectivity index (χ4n) is 1.83. The van der Waals surface area contributed by atoms with Gasteiger partial charge in [-0.2, -0.15) is 0 Å². The van der Waals surface area contributed by atoms with Crippen LogP contribution in [0.2, 0.25) is 0 Å². The highest BCUT2D eigenvalue weighted by molar-refractivity contribution is 9.10. The van der Waals surface area contributed by atoms with Crippen molar-refractivity contribution in [1.82, 2.24) is 0 Å². The van der Waals surface area contributed by atoms with E-state index in [9.17, 15) is 9.59 Å². The van der Waals surface area contributed by atoms with Gasteiger partial charge >= 0.3 is 5.97 Å². The number of amides is 1. The summed E-state index contributed by atoms with van der Waals surface area (Å²) in [6, 6.07) is 9.88. The van der Waals surface area contributed by atoms with E-state index in [0.29, 0.717) is 16.0 Å². The first kappa shape index (κ1) is 15.1.